The van der Waals surface area contributed by atoms with Gasteiger partial charge in [-0.25, -0.2) is 0 Å². The number of quaternary nitrogens is 1. The highest BCUT2D eigenvalue weighted by Gasteiger charge is 2.27. The minimum atomic E-state index is -4.71. The van der Waals surface area contributed by atoms with Gasteiger partial charge in [0, 0.05) is 12.8 Å². The molecule has 9 nitrogen and oxygen atoms in total. The minimum absolute atomic E-state index is 0.0247. The molecule has 1 N–H and O–H groups in total. The van der Waals surface area contributed by atoms with Gasteiger partial charge < -0.3 is 28.5 Å². The van der Waals surface area contributed by atoms with Crippen LogP contribution in [0.1, 0.15) is 323 Å². The van der Waals surface area contributed by atoms with Gasteiger partial charge >= 0.3 is 5.97 Å². The first kappa shape index (κ1) is 79.5. The Morgan fingerprint density at radius 3 is 1.17 bits per heavy atom. The number of esters is 1. The maximum Gasteiger partial charge on any atom is 0.306 e. The second-order valence-corrected chi connectivity index (χ2v) is 26.1. The van der Waals surface area contributed by atoms with E-state index in [0.717, 1.165) is 103 Å². The molecule has 478 valence electrons. The van der Waals surface area contributed by atoms with E-state index in [9.17, 15) is 19.0 Å². The Labute approximate surface area is 508 Å². The van der Waals surface area contributed by atoms with Gasteiger partial charge in [0.1, 0.15) is 19.3 Å². The summed E-state index contributed by atoms with van der Waals surface area (Å²) in [7, 11) is 1.18. The fourth-order valence-corrected chi connectivity index (χ4v) is 10.8. The number of nitrogens with one attached hydrogen (secondary N) is 1. The van der Waals surface area contributed by atoms with Crippen molar-refractivity contribution in [3.8, 4) is 0 Å². The topological polar surface area (TPSA) is 114 Å². The van der Waals surface area contributed by atoms with Crippen LogP contribution in [0.25, 0.3) is 0 Å². The third kappa shape index (κ3) is 62.0. The zero-order valence-electron chi connectivity index (χ0n) is 54.7. The van der Waals surface area contributed by atoms with Gasteiger partial charge in [0.2, 0.25) is 5.91 Å². The van der Waals surface area contributed by atoms with Crippen molar-refractivity contribution in [2.75, 3.05) is 40.9 Å². The molecule has 0 fully saturated rings. The highest BCUT2D eigenvalue weighted by molar-refractivity contribution is 7.45. The second kappa shape index (κ2) is 61.5. The van der Waals surface area contributed by atoms with Gasteiger partial charge in [0.25, 0.3) is 7.82 Å². The van der Waals surface area contributed by atoms with E-state index in [2.05, 4.69) is 86.8 Å². The highest BCUT2D eigenvalue weighted by atomic mass is 31.2. The molecule has 0 aromatic rings. The van der Waals surface area contributed by atoms with E-state index in [1.54, 1.807) is 0 Å². The Balaban J connectivity index is 5.12. The molecular weight excluding hydrogens is 1040 g/mol. The number of allylic oxidation sites excluding steroid dienone is 11. The van der Waals surface area contributed by atoms with Crippen LogP contribution in [0.15, 0.2) is 72.9 Å². The molecule has 0 spiro atoms. The van der Waals surface area contributed by atoms with Gasteiger partial charge in [-0.2, -0.15) is 0 Å². The molecule has 0 aromatic carbocycles. The first-order chi connectivity index (χ1) is 39.9. The summed E-state index contributed by atoms with van der Waals surface area (Å²) < 4.78 is 30.4. The van der Waals surface area contributed by atoms with Crippen LogP contribution in [-0.4, -0.2) is 69.4 Å². The molecule has 0 heterocycles. The second-order valence-electron chi connectivity index (χ2n) is 24.7. The molecule has 0 aromatic heterocycles. The Bertz CT molecular complexity index is 1630. The molecule has 1 amide bonds. The molecule has 0 aliphatic carbocycles. The van der Waals surface area contributed by atoms with Gasteiger partial charge in [-0.05, 0) is 76.7 Å². The van der Waals surface area contributed by atoms with Gasteiger partial charge in [-0.3, -0.25) is 14.2 Å². The van der Waals surface area contributed by atoms with Crippen LogP contribution in [0.4, 0.5) is 0 Å². The molecule has 0 bridgehead atoms. The first-order valence-electron chi connectivity index (χ1n) is 34.7. The maximum absolute atomic E-state index is 13.6. The number of hydrogen-bond acceptors (Lipinski definition) is 7. The summed E-state index contributed by atoms with van der Waals surface area (Å²) in [5.74, 6) is -0.543. The lowest BCUT2D eigenvalue weighted by Crippen LogP contribution is -2.47. The molecule has 0 radical (unpaired) electrons. The normalized spacial score (nSPS) is 14.0. The fourth-order valence-electron chi connectivity index (χ4n) is 10.1. The SMILES string of the molecule is CC/C=C\C/C=C\C/C=C\C/C=C\C/C=C\CCCCCCCCCC(=O)OC(/C=C/CCCCCCCCCCCC)C(COP(=O)([O-])OCC[N+](C)(C)C)NC(=O)CCCCCCCCCCCCCCCCCCCCCCC. The van der Waals surface area contributed by atoms with E-state index >= 15 is 0 Å². The molecule has 3 unspecified atom stereocenters. The maximum atomic E-state index is 13.6. The Kier molecular flexibility index (Phi) is 59.6. The van der Waals surface area contributed by atoms with Crippen molar-refractivity contribution in [1.82, 2.24) is 5.32 Å². The predicted molar refractivity (Wildman–Crippen MR) is 353 cm³/mol. The third-order valence-electron chi connectivity index (χ3n) is 15.4. The van der Waals surface area contributed by atoms with Crippen molar-refractivity contribution < 1.29 is 37.3 Å². The minimum Gasteiger partial charge on any atom is -0.756 e. The lowest BCUT2D eigenvalue weighted by Gasteiger charge is -2.30. The molecule has 10 heteroatoms. The molecular formula is C72H133N2O7P. The monoisotopic (exact) mass is 1170 g/mol. The van der Waals surface area contributed by atoms with E-state index < -0.39 is 26.6 Å². The van der Waals surface area contributed by atoms with Crippen LogP contribution in [0, 0.1) is 0 Å². The quantitative estimate of drug-likeness (QED) is 0.0212. The van der Waals surface area contributed by atoms with Crippen LogP contribution >= 0.6 is 7.82 Å². The predicted octanol–water partition coefficient (Wildman–Crippen LogP) is 21.3. The number of carbonyl (C=O) groups is 2. The average molecular weight is 1170 g/mol. The first-order valence-corrected chi connectivity index (χ1v) is 36.2. The number of amides is 1. The number of ether oxygens (including phenoxy) is 1. The summed E-state index contributed by atoms with van der Waals surface area (Å²) in [5.41, 5.74) is 0. The number of unbranched alkanes of at least 4 members (excludes halogenated alkanes) is 37. The number of hydrogen-bond donors (Lipinski definition) is 1. The van der Waals surface area contributed by atoms with Crippen molar-refractivity contribution in [3.05, 3.63) is 72.9 Å². The number of carbonyl (C=O) groups excluding carboxylic acids is 2. The third-order valence-corrected chi connectivity index (χ3v) is 16.4. The van der Waals surface area contributed by atoms with Crippen molar-refractivity contribution in [3.63, 3.8) is 0 Å². The van der Waals surface area contributed by atoms with E-state index in [1.807, 2.05) is 33.3 Å². The van der Waals surface area contributed by atoms with Crippen molar-refractivity contribution >= 4 is 19.7 Å². The molecule has 0 rings (SSSR count). The van der Waals surface area contributed by atoms with Crippen LogP contribution in [0.2, 0.25) is 0 Å². The molecule has 0 saturated carbocycles. The van der Waals surface area contributed by atoms with Crippen LogP contribution in [0.5, 0.6) is 0 Å². The number of phosphoric ester groups is 1. The van der Waals surface area contributed by atoms with Gasteiger partial charge in [-0.15, -0.1) is 0 Å². The molecule has 3 atom stereocenters. The van der Waals surface area contributed by atoms with E-state index in [-0.39, 0.29) is 24.9 Å². The smallest absolute Gasteiger partial charge is 0.306 e. The van der Waals surface area contributed by atoms with E-state index in [1.165, 1.54) is 186 Å². The largest absolute Gasteiger partial charge is 0.756 e. The summed E-state index contributed by atoms with van der Waals surface area (Å²) in [6.45, 7) is 6.76. The Hall–Kier alpha value is -2.55. The standard InChI is InChI=1S/C72H133N2O7P/c1-7-10-13-16-19-22-25-28-30-32-34-36-37-39-41-43-45-47-50-53-56-59-62-65-72(76)81-70(63-60-57-54-51-48-27-24-21-18-15-12-9-3)69(68-80-82(77,78)79-67-66-74(4,5)6)73-71(75)64-61-58-55-52-49-46-44-42-40-38-35-33-31-29-26-23-20-17-14-11-8-2/h10,13,19,22,28,30,34,36,39,41,60,63,69-70H,7-9,11-12,14-18,20-21,23-27,29,31-33,35,37-38,40,42-59,61-62,64-68H2,1-6H3,(H-,73,75,77,78)/b13-10-,22-19-,30-28-,36-34-,41-39-,63-60+. The molecule has 0 aliphatic rings. The summed E-state index contributed by atoms with van der Waals surface area (Å²) in [6, 6.07) is -0.894. The summed E-state index contributed by atoms with van der Waals surface area (Å²) in [5, 5.41) is 3.04. The lowest BCUT2D eigenvalue weighted by molar-refractivity contribution is -0.870. The highest BCUT2D eigenvalue weighted by Crippen LogP contribution is 2.38. The molecule has 82 heavy (non-hydrogen) atoms. The summed E-state index contributed by atoms with van der Waals surface area (Å²) >= 11 is 0. The molecule has 0 saturated heterocycles. The lowest BCUT2D eigenvalue weighted by atomic mass is 10.0. The van der Waals surface area contributed by atoms with E-state index in [0.29, 0.717) is 17.4 Å². The summed E-state index contributed by atoms with van der Waals surface area (Å²) in [4.78, 5) is 40.2. The number of likely N-dealkylation sites (N-methyl/N-ethyl adjacent to an activating group) is 1. The average Bonchev–Trinajstić information content (AvgIpc) is 3.44. The van der Waals surface area contributed by atoms with Crippen LogP contribution in [-0.2, 0) is 27.9 Å². The fraction of sp³-hybridized carbons (Fsp3) is 0.806. The zero-order chi connectivity index (χ0) is 60.0. The van der Waals surface area contributed by atoms with Crippen molar-refractivity contribution in [2.45, 2.75) is 335 Å². The van der Waals surface area contributed by atoms with Crippen LogP contribution in [0.3, 0.4) is 0 Å². The zero-order valence-corrected chi connectivity index (χ0v) is 55.6. The summed E-state index contributed by atoms with van der Waals surface area (Å²) in [6.07, 6.45) is 80.2. The van der Waals surface area contributed by atoms with Gasteiger partial charge in [-0.1, -0.05) is 306 Å². The Morgan fingerprint density at radius 2 is 0.780 bits per heavy atom. The van der Waals surface area contributed by atoms with Gasteiger partial charge in [0.05, 0.1) is 33.8 Å². The number of rotatable bonds is 63. The number of phosphoric acid groups is 1. The van der Waals surface area contributed by atoms with Gasteiger partial charge in [0.15, 0.2) is 0 Å². The van der Waals surface area contributed by atoms with Crippen molar-refractivity contribution in [1.29, 1.82) is 0 Å². The number of nitrogens with zero attached hydrogens (tertiary/aromatic N) is 1. The Morgan fingerprint density at radius 1 is 0.439 bits per heavy atom. The molecule has 0 aliphatic heterocycles. The van der Waals surface area contributed by atoms with Crippen LogP contribution < -0.4 is 10.2 Å². The van der Waals surface area contributed by atoms with Crippen molar-refractivity contribution in [2.24, 2.45) is 0 Å². The van der Waals surface area contributed by atoms with E-state index in [4.69, 9.17) is 13.8 Å².